The van der Waals surface area contributed by atoms with Crippen molar-refractivity contribution in [2.24, 2.45) is 7.05 Å². The van der Waals surface area contributed by atoms with Gasteiger partial charge < -0.3 is 10.4 Å². The Morgan fingerprint density at radius 3 is 2.95 bits per heavy atom. The molecule has 2 rings (SSSR count). The molecule has 2 N–H and O–H groups in total. The summed E-state index contributed by atoms with van der Waals surface area (Å²) in [6, 6.07) is 1.78. The highest BCUT2D eigenvalue weighted by Gasteiger charge is 2.05. The first-order valence-electron chi connectivity index (χ1n) is 6.09. The van der Waals surface area contributed by atoms with Gasteiger partial charge in [0.15, 0.2) is 0 Å². The molecule has 110 valence electrons. The third-order valence-corrected chi connectivity index (χ3v) is 2.59. The number of aryl methyl sites for hydroxylation is 1. The Labute approximate surface area is 119 Å². The molecule has 0 atom stereocenters. The van der Waals surface area contributed by atoms with Gasteiger partial charge in [0.2, 0.25) is 5.91 Å². The molecule has 0 spiro atoms. The number of hydrogen-bond acceptors (Lipinski definition) is 5. The van der Waals surface area contributed by atoms with Crippen LogP contribution in [0.25, 0.3) is 6.08 Å². The highest BCUT2D eigenvalue weighted by molar-refractivity contribution is 5.91. The number of amides is 1. The number of nitrogens with zero attached hydrogens (tertiary/aromatic N) is 5. The van der Waals surface area contributed by atoms with Crippen LogP contribution in [0.1, 0.15) is 11.4 Å². The summed E-state index contributed by atoms with van der Waals surface area (Å²) >= 11 is 0. The average molecular weight is 290 g/mol. The third kappa shape index (κ3) is 4.27. The van der Waals surface area contributed by atoms with E-state index in [1.807, 2.05) is 0 Å². The van der Waals surface area contributed by atoms with Crippen molar-refractivity contribution in [2.75, 3.05) is 0 Å². The van der Waals surface area contributed by atoms with Gasteiger partial charge in [-0.25, -0.2) is 4.68 Å². The molecule has 0 aliphatic rings. The van der Waals surface area contributed by atoms with E-state index in [2.05, 4.69) is 20.7 Å². The predicted molar refractivity (Wildman–Crippen MR) is 71.7 cm³/mol. The summed E-state index contributed by atoms with van der Waals surface area (Å²) in [7, 11) is 1.78. The van der Waals surface area contributed by atoms with Crippen molar-refractivity contribution in [3.8, 4) is 0 Å². The number of hydrogen-bond donors (Lipinski definition) is 2. The maximum atomic E-state index is 11.6. The van der Waals surface area contributed by atoms with Crippen molar-refractivity contribution >= 4 is 18.0 Å². The van der Waals surface area contributed by atoms with Crippen LogP contribution in [0, 0.1) is 0 Å². The zero-order valence-corrected chi connectivity index (χ0v) is 11.3. The molecule has 9 nitrogen and oxygen atoms in total. The molecular weight excluding hydrogens is 276 g/mol. The number of carboxylic acid groups (broad SMARTS) is 1. The molecule has 9 heteroatoms. The Morgan fingerprint density at radius 2 is 2.29 bits per heavy atom. The van der Waals surface area contributed by atoms with Crippen molar-refractivity contribution in [1.29, 1.82) is 0 Å². The normalized spacial score (nSPS) is 10.9. The van der Waals surface area contributed by atoms with Gasteiger partial charge in [-0.1, -0.05) is 5.21 Å². The maximum absolute atomic E-state index is 11.6. The van der Waals surface area contributed by atoms with E-state index in [-0.39, 0.29) is 19.0 Å². The second kappa shape index (κ2) is 6.46. The number of aromatic nitrogens is 5. The Balaban J connectivity index is 1.84. The molecule has 2 heterocycles. The fraction of sp³-hybridized carbons (Fsp3) is 0.250. The van der Waals surface area contributed by atoms with E-state index < -0.39 is 5.97 Å². The van der Waals surface area contributed by atoms with Gasteiger partial charge in [0.05, 0.1) is 18.4 Å². The van der Waals surface area contributed by atoms with Crippen molar-refractivity contribution in [3.05, 3.63) is 35.9 Å². The van der Waals surface area contributed by atoms with Crippen LogP contribution in [0.15, 0.2) is 24.5 Å². The third-order valence-electron chi connectivity index (χ3n) is 2.59. The largest absolute Gasteiger partial charge is 0.480 e. The highest BCUT2D eigenvalue weighted by Crippen LogP contribution is 1.99. The fourth-order valence-corrected chi connectivity index (χ4v) is 1.58. The Bertz CT molecular complexity index is 672. The first-order chi connectivity index (χ1) is 10.0. The predicted octanol–water partition coefficient (Wildman–Crippen LogP) is -0.574. The number of nitrogens with one attached hydrogen (secondary N) is 1. The summed E-state index contributed by atoms with van der Waals surface area (Å²) in [5.41, 5.74) is 1.29. The van der Waals surface area contributed by atoms with E-state index in [1.54, 1.807) is 30.1 Å². The van der Waals surface area contributed by atoms with Crippen molar-refractivity contribution in [1.82, 2.24) is 30.1 Å². The van der Waals surface area contributed by atoms with Crippen LogP contribution < -0.4 is 5.32 Å². The van der Waals surface area contributed by atoms with E-state index in [4.69, 9.17) is 5.11 Å². The quantitative estimate of drug-likeness (QED) is 0.688. The highest BCUT2D eigenvalue weighted by atomic mass is 16.4. The summed E-state index contributed by atoms with van der Waals surface area (Å²) in [5, 5.41) is 22.6. The zero-order chi connectivity index (χ0) is 15.2. The van der Waals surface area contributed by atoms with Gasteiger partial charge in [-0.2, -0.15) is 5.10 Å². The second-order valence-corrected chi connectivity index (χ2v) is 4.23. The summed E-state index contributed by atoms with van der Waals surface area (Å²) in [4.78, 5) is 22.1. The molecule has 1 amide bonds. The minimum absolute atomic E-state index is 0.175. The lowest BCUT2D eigenvalue weighted by atomic mass is 10.3. The molecule has 2 aromatic rings. The van der Waals surface area contributed by atoms with Crippen LogP contribution in [-0.2, 0) is 29.7 Å². The monoisotopic (exact) mass is 290 g/mol. The lowest BCUT2D eigenvalue weighted by molar-refractivity contribution is -0.137. The van der Waals surface area contributed by atoms with Crippen molar-refractivity contribution < 1.29 is 14.7 Å². The minimum atomic E-state index is -1.01. The molecule has 0 bridgehead atoms. The smallest absolute Gasteiger partial charge is 0.325 e. The number of carboxylic acids is 1. The molecule has 0 fully saturated rings. The molecular formula is C12H14N6O3. The number of aliphatic carboxylic acids is 1. The van der Waals surface area contributed by atoms with Crippen LogP contribution in [0.3, 0.4) is 0 Å². The van der Waals surface area contributed by atoms with Gasteiger partial charge >= 0.3 is 5.97 Å². The summed E-state index contributed by atoms with van der Waals surface area (Å²) in [5.74, 6) is -1.29. The molecule has 2 aromatic heterocycles. The van der Waals surface area contributed by atoms with Gasteiger partial charge in [0.25, 0.3) is 0 Å². The molecule has 21 heavy (non-hydrogen) atoms. The van der Waals surface area contributed by atoms with Crippen molar-refractivity contribution in [2.45, 2.75) is 13.1 Å². The van der Waals surface area contributed by atoms with Gasteiger partial charge in [-0.05, 0) is 12.1 Å². The minimum Gasteiger partial charge on any atom is -0.480 e. The summed E-state index contributed by atoms with van der Waals surface area (Å²) < 4.78 is 2.83. The Kier molecular flexibility index (Phi) is 4.44. The second-order valence-electron chi connectivity index (χ2n) is 4.23. The van der Waals surface area contributed by atoms with E-state index in [0.29, 0.717) is 5.69 Å². The van der Waals surface area contributed by atoms with E-state index in [1.165, 1.54) is 17.0 Å². The number of rotatable bonds is 6. The maximum Gasteiger partial charge on any atom is 0.325 e. The molecule has 0 saturated carbocycles. The van der Waals surface area contributed by atoms with Crippen LogP contribution in [0.5, 0.6) is 0 Å². The lowest BCUT2D eigenvalue weighted by Gasteiger charge is -1.98. The Morgan fingerprint density at radius 1 is 1.48 bits per heavy atom. The molecule has 0 unspecified atom stereocenters. The first-order valence-corrected chi connectivity index (χ1v) is 6.09. The topological polar surface area (TPSA) is 115 Å². The Hall–Kier alpha value is -2.97. The molecule has 0 aromatic carbocycles. The molecule has 0 radical (unpaired) electrons. The lowest BCUT2D eigenvalue weighted by Crippen LogP contribution is -2.20. The van der Waals surface area contributed by atoms with Crippen molar-refractivity contribution in [3.63, 3.8) is 0 Å². The average Bonchev–Trinajstić information content (AvgIpc) is 3.02. The number of carbonyl (C=O) groups excluding carboxylic acids is 1. The van der Waals surface area contributed by atoms with E-state index in [9.17, 15) is 9.59 Å². The summed E-state index contributed by atoms with van der Waals surface area (Å²) in [6.45, 7) is -0.0878. The van der Waals surface area contributed by atoms with Crippen LogP contribution >= 0.6 is 0 Å². The number of carbonyl (C=O) groups is 2. The van der Waals surface area contributed by atoms with Gasteiger partial charge in [0, 0.05) is 19.3 Å². The first kappa shape index (κ1) is 14.4. The van der Waals surface area contributed by atoms with Crippen LogP contribution in [0.4, 0.5) is 0 Å². The summed E-state index contributed by atoms with van der Waals surface area (Å²) in [6.07, 6.45) is 6.14. The van der Waals surface area contributed by atoms with Gasteiger partial charge in [-0.15, -0.1) is 5.10 Å². The fourth-order valence-electron chi connectivity index (χ4n) is 1.58. The molecule has 0 saturated heterocycles. The standard InChI is InChI=1S/C12H14N6O3/c1-17-10(4-5-14-17)2-3-11(19)13-6-9-7-18(16-15-9)8-12(20)21/h2-5,7H,6,8H2,1H3,(H,13,19)(H,20,21)/b3-2+. The molecule has 0 aliphatic carbocycles. The SMILES string of the molecule is Cn1nccc1/C=C/C(=O)NCc1cn(CC(=O)O)nn1. The van der Waals surface area contributed by atoms with E-state index >= 15 is 0 Å². The van der Waals surface area contributed by atoms with Gasteiger partial charge in [0.1, 0.15) is 12.2 Å². The van der Waals surface area contributed by atoms with Crippen LogP contribution in [0.2, 0.25) is 0 Å². The molecule has 0 aliphatic heterocycles. The van der Waals surface area contributed by atoms with Crippen LogP contribution in [-0.4, -0.2) is 41.8 Å². The van der Waals surface area contributed by atoms with Gasteiger partial charge in [-0.3, -0.25) is 14.3 Å². The van der Waals surface area contributed by atoms with E-state index in [0.717, 1.165) is 5.69 Å². The zero-order valence-electron chi connectivity index (χ0n) is 11.3.